The van der Waals surface area contributed by atoms with Gasteiger partial charge in [-0.25, -0.2) is 8.42 Å². The smallest absolute Gasteiger partial charge is 0.263 e. The summed E-state index contributed by atoms with van der Waals surface area (Å²) in [4.78, 5) is 14.4. The number of carbonyl (C=O) groups is 1. The van der Waals surface area contributed by atoms with E-state index in [1.807, 2.05) is 30.3 Å². The number of rotatable bonds is 5. The zero-order chi connectivity index (χ0) is 23.0. The van der Waals surface area contributed by atoms with E-state index >= 15 is 0 Å². The van der Waals surface area contributed by atoms with Crippen LogP contribution < -0.4 is 10.0 Å². The Hall–Kier alpha value is -2.87. The molecule has 1 aromatic heterocycles. The van der Waals surface area contributed by atoms with E-state index in [0.29, 0.717) is 26.7 Å². The van der Waals surface area contributed by atoms with E-state index in [-0.39, 0.29) is 10.8 Å². The minimum atomic E-state index is -3.99. The fourth-order valence-electron chi connectivity index (χ4n) is 4.26. The number of para-hydroxylation sites is 1. The first-order valence-electron chi connectivity index (χ1n) is 10.6. The van der Waals surface area contributed by atoms with Gasteiger partial charge in [0.05, 0.1) is 10.5 Å². The highest BCUT2D eigenvalue weighted by molar-refractivity contribution is 7.93. The molecule has 0 fully saturated rings. The van der Waals surface area contributed by atoms with Crippen LogP contribution in [0.1, 0.15) is 33.6 Å². The quantitative estimate of drug-likeness (QED) is 0.331. The molecule has 5 nitrogen and oxygen atoms in total. The number of carbonyl (C=O) groups excluding carboxylic acids is 1. The van der Waals surface area contributed by atoms with Crippen molar-refractivity contribution < 1.29 is 13.2 Å². The zero-order valence-electron chi connectivity index (χ0n) is 17.6. The van der Waals surface area contributed by atoms with Gasteiger partial charge in [-0.1, -0.05) is 54.1 Å². The van der Waals surface area contributed by atoms with Crippen molar-refractivity contribution >= 4 is 60.3 Å². The number of halogens is 1. The summed E-state index contributed by atoms with van der Waals surface area (Å²) in [5, 5.41) is 4.82. The third-order valence-electron chi connectivity index (χ3n) is 5.76. The zero-order valence-corrected chi connectivity index (χ0v) is 20.0. The lowest BCUT2D eigenvalue weighted by Gasteiger charge is -2.14. The van der Waals surface area contributed by atoms with Gasteiger partial charge in [-0.2, -0.15) is 0 Å². The Balaban J connectivity index is 1.58. The maximum Gasteiger partial charge on any atom is 0.263 e. The second-order valence-electron chi connectivity index (χ2n) is 7.93. The number of benzene rings is 3. The fourth-order valence-corrected chi connectivity index (χ4v) is 7.44. The molecule has 1 amide bonds. The summed E-state index contributed by atoms with van der Waals surface area (Å²) in [6.07, 6.45) is 3.59. The first kappa shape index (κ1) is 21.9. The molecule has 168 valence electrons. The van der Waals surface area contributed by atoms with Gasteiger partial charge >= 0.3 is 0 Å². The van der Waals surface area contributed by atoms with Crippen molar-refractivity contribution in [2.45, 2.75) is 30.6 Å². The second kappa shape index (κ2) is 8.82. The lowest BCUT2D eigenvalue weighted by Crippen LogP contribution is -2.19. The van der Waals surface area contributed by atoms with Gasteiger partial charge in [0.1, 0.15) is 5.00 Å². The Labute approximate surface area is 201 Å². The van der Waals surface area contributed by atoms with Gasteiger partial charge in [-0.15, -0.1) is 11.3 Å². The minimum absolute atomic E-state index is 0.0892. The molecule has 33 heavy (non-hydrogen) atoms. The number of hydrogen-bond acceptors (Lipinski definition) is 4. The lowest BCUT2D eigenvalue weighted by molar-refractivity contribution is 0.102. The summed E-state index contributed by atoms with van der Waals surface area (Å²) in [5.41, 5.74) is 2.01. The summed E-state index contributed by atoms with van der Waals surface area (Å²) in [7, 11) is -3.99. The first-order chi connectivity index (χ1) is 15.9. The molecule has 4 aromatic rings. The van der Waals surface area contributed by atoms with E-state index in [1.165, 1.54) is 17.4 Å². The largest absolute Gasteiger partial charge is 0.322 e. The first-order valence-corrected chi connectivity index (χ1v) is 13.3. The van der Waals surface area contributed by atoms with Crippen LogP contribution in [0.3, 0.4) is 0 Å². The molecule has 0 atom stereocenters. The van der Waals surface area contributed by atoms with E-state index in [0.717, 1.165) is 41.5 Å². The van der Waals surface area contributed by atoms with Gasteiger partial charge in [0, 0.05) is 21.0 Å². The molecule has 0 saturated carbocycles. The van der Waals surface area contributed by atoms with Crippen molar-refractivity contribution in [3.63, 3.8) is 0 Å². The molecule has 1 aliphatic carbocycles. The highest BCUT2D eigenvalue weighted by atomic mass is 35.5. The van der Waals surface area contributed by atoms with Gasteiger partial charge < -0.3 is 5.32 Å². The van der Waals surface area contributed by atoms with Crippen molar-refractivity contribution in [3.05, 3.63) is 87.8 Å². The monoisotopic (exact) mass is 496 g/mol. The molecule has 3 aromatic carbocycles. The van der Waals surface area contributed by atoms with Crippen molar-refractivity contribution in [1.82, 2.24) is 0 Å². The molecule has 8 heteroatoms. The van der Waals surface area contributed by atoms with Crippen LogP contribution in [-0.2, 0) is 22.9 Å². The topological polar surface area (TPSA) is 75.3 Å². The molecule has 0 spiro atoms. The number of sulfonamides is 1. The average Bonchev–Trinajstić information content (AvgIpc) is 3.17. The van der Waals surface area contributed by atoms with Crippen molar-refractivity contribution in [2.24, 2.45) is 0 Å². The molecule has 0 aliphatic heterocycles. The van der Waals surface area contributed by atoms with E-state index in [1.54, 1.807) is 30.3 Å². The molecule has 0 saturated heterocycles. The predicted molar refractivity (Wildman–Crippen MR) is 135 cm³/mol. The van der Waals surface area contributed by atoms with Crippen LogP contribution in [0.2, 0.25) is 5.02 Å². The molecule has 1 heterocycles. The molecule has 2 N–H and O–H groups in total. The summed E-state index contributed by atoms with van der Waals surface area (Å²) in [6, 6.07) is 19.5. The number of fused-ring (bicyclic) bond motifs is 2. The number of amides is 1. The Kier molecular flexibility index (Phi) is 5.86. The molecule has 0 unspecified atom stereocenters. The van der Waals surface area contributed by atoms with E-state index in [2.05, 4.69) is 10.0 Å². The van der Waals surface area contributed by atoms with Gasteiger partial charge in [0.2, 0.25) is 0 Å². The van der Waals surface area contributed by atoms with Gasteiger partial charge in [0.15, 0.2) is 0 Å². The van der Waals surface area contributed by atoms with Crippen LogP contribution >= 0.6 is 22.9 Å². The van der Waals surface area contributed by atoms with Gasteiger partial charge in [-0.05, 0) is 60.9 Å². The lowest BCUT2D eigenvalue weighted by atomic mass is 9.95. The number of hydrogen-bond donors (Lipinski definition) is 2. The Bertz CT molecular complexity index is 1460. The van der Waals surface area contributed by atoms with Crippen LogP contribution in [0.5, 0.6) is 0 Å². The van der Waals surface area contributed by atoms with Crippen molar-refractivity contribution in [3.8, 4) is 0 Å². The SMILES string of the molecule is O=C(Nc1ccccc1)c1c(NS(=O)(=O)c2cccc3cccc(Cl)c23)sc2c1CCCC2. The third kappa shape index (κ3) is 4.24. The molecular weight excluding hydrogens is 476 g/mol. The van der Waals surface area contributed by atoms with E-state index in [4.69, 9.17) is 11.6 Å². The van der Waals surface area contributed by atoms with E-state index in [9.17, 15) is 13.2 Å². The standard InChI is InChI=1S/C25H21ClN2O3S2/c26-19-13-6-8-16-9-7-15-21(22(16)19)33(30,31)28-25-23(18-12-4-5-14-20(18)32-25)24(29)27-17-10-2-1-3-11-17/h1-3,6-11,13,15,28H,4-5,12,14H2,(H,27,29). The van der Waals surface area contributed by atoms with Gasteiger partial charge in [-0.3, -0.25) is 9.52 Å². The summed E-state index contributed by atoms with van der Waals surface area (Å²) in [5.74, 6) is -0.311. The average molecular weight is 497 g/mol. The normalized spacial score (nSPS) is 13.5. The summed E-state index contributed by atoms with van der Waals surface area (Å²) < 4.78 is 29.8. The van der Waals surface area contributed by atoms with Gasteiger partial charge in [0.25, 0.3) is 15.9 Å². The third-order valence-corrected chi connectivity index (χ3v) is 8.81. The molecule has 0 radical (unpaired) electrons. The Morgan fingerprint density at radius 3 is 2.42 bits per heavy atom. The predicted octanol–water partition coefficient (Wildman–Crippen LogP) is 6.49. The second-order valence-corrected chi connectivity index (χ2v) is 11.1. The van der Waals surface area contributed by atoms with Crippen LogP contribution in [0.4, 0.5) is 10.7 Å². The van der Waals surface area contributed by atoms with Crippen molar-refractivity contribution in [1.29, 1.82) is 0 Å². The van der Waals surface area contributed by atoms with E-state index < -0.39 is 10.0 Å². The molecule has 5 rings (SSSR count). The summed E-state index contributed by atoms with van der Waals surface area (Å²) >= 11 is 7.72. The molecule has 0 bridgehead atoms. The Morgan fingerprint density at radius 1 is 0.909 bits per heavy atom. The fraction of sp³-hybridized carbons (Fsp3) is 0.160. The number of nitrogens with one attached hydrogen (secondary N) is 2. The molecule has 1 aliphatic rings. The van der Waals surface area contributed by atoms with Crippen LogP contribution in [-0.4, -0.2) is 14.3 Å². The number of thiophene rings is 1. The number of anilines is 2. The maximum absolute atomic E-state index is 13.5. The Morgan fingerprint density at radius 2 is 1.64 bits per heavy atom. The highest BCUT2D eigenvalue weighted by Gasteiger charge is 2.29. The van der Waals surface area contributed by atoms with Crippen LogP contribution in [0.25, 0.3) is 10.8 Å². The number of aryl methyl sites for hydroxylation is 1. The highest BCUT2D eigenvalue weighted by Crippen LogP contribution is 2.40. The summed E-state index contributed by atoms with van der Waals surface area (Å²) in [6.45, 7) is 0. The van der Waals surface area contributed by atoms with Crippen molar-refractivity contribution in [2.75, 3.05) is 10.0 Å². The molecular formula is C25H21ClN2O3S2. The van der Waals surface area contributed by atoms with Crippen LogP contribution in [0.15, 0.2) is 71.6 Å². The maximum atomic E-state index is 13.5. The van der Waals surface area contributed by atoms with Crippen LogP contribution in [0, 0.1) is 0 Å². The minimum Gasteiger partial charge on any atom is -0.322 e.